The van der Waals surface area contributed by atoms with Crippen LogP contribution in [0.5, 0.6) is 0 Å². The van der Waals surface area contributed by atoms with Crippen molar-refractivity contribution in [1.82, 2.24) is 9.80 Å². The highest BCUT2D eigenvalue weighted by molar-refractivity contribution is 5.89. The Kier molecular flexibility index (Phi) is 5.47. The maximum Gasteiger partial charge on any atom is 0.228 e. The molecule has 0 N–H and O–H groups in total. The lowest BCUT2D eigenvalue weighted by Crippen LogP contribution is -2.50. The number of carbonyl (C=O) groups excluding carboxylic acids is 2. The maximum atomic E-state index is 13.1. The van der Waals surface area contributed by atoms with Gasteiger partial charge in [-0.3, -0.25) is 9.59 Å². The third-order valence-electron chi connectivity index (χ3n) is 5.63. The number of nitrogens with zero attached hydrogens (tertiary/aromatic N) is 3. The van der Waals surface area contributed by atoms with Crippen molar-refractivity contribution in [3.63, 3.8) is 0 Å². The Balaban J connectivity index is 1.31. The van der Waals surface area contributed by atoms with Crippen LogP contribution in [0.15, 0.2) is 48.5 Å². The lowest BCUT2D eigenvalue weighted by atomic mass is 10.1. The Bertz CT molecular complexity index is 878. The van der Waals surface area contributed by atoms with E-state index in [2.05, 4.69) is 4.90 Å². The number of likely N-dealkylation sites (tertiary alicyclic amines) is 1. The summed E-state index contributed by atoms with van der Waals surface area (Å²) < 4.78 is 26.1. The van der Waals surface area contributed by atoms with Gasteiger partial charge in [0.05, 0.1) is 5.92 Å². The number of carbonyl (C=O) groups is 2. The first-order valence-electron chi connectivity index (χ1n) is 9.81. The van der Waals surface area contributed by atoms with Crippen LogP contribution >= 0.6 is 0 Å². The molecule has 2 aliphatic rings. The minimum Gasteiger partial charge on any atom is -0.368 e. The molecule has 7 heteroatoms. The third kappa shape index (κ3) is 4.39. The van der Waals surface area contributed by atoms with Crippen LogP contribution in [0.25, 0.3) is 0 Å². The van der Waals surface area contributed by atoms with Gasteiger partial charge in [0.15, 0.2) is 0 Å². The van der Waals surface area contributed by atoms with Crippen LogP contribution in [0.2, 0.25) is 0 Å². The summed E-state index contributed by atoms with van der Waals surface area (Å²) in [6.45, 7) is 3.31. The van der Waals surface area contributed by atoms with Gasteiger partial charge in [-0.2, -0.15) is 0 Å². The van der Waals surface area contributed by atoms with E-state index in [0.717, 1.165) is 11.3 Å². The van der Waals surface area contributed by atoms with Gasteiger partial charge in [-0.1, -0.05) is 12.1 Å². The van der Waals surface area contributed by atoms with Crippen molar-refractivity contribution in [2.75, 3.05) is 37.6 Å². The van der Waals surface area contributed by atoms with Crippen molar-refractivity contribution in [2.24, 2.45) is 5.92 Å². The molecule has 0 aliphatic carbocycles. The second kappa shape index (κ2) is 8.19. The Hall–Kier alpha value is -2.96. The van der Waals surface area contributed by atoms with Crippen LogP contribution in [0.1, 0.15) is 12.0 Å². The second-order valence-corrected chi connectivity index (χ2v) is 7.59. The van der Waals surface area contributed by atoms with Gasteiger partial charge >= 0.3 is 0 Å². The quantitative estimate of drug-likeness (QED) is 0.794. The summed E-state index contributed by atoms with van der Waals surface area (Å²) >= 11 is 0. The van der Waals surface area contributed by atoms with Gasteiger partial charge < -0.3 is 14.7 Å². The molecule has 0 radical (unpaired) electrons. The molecule has 0 aromatic heterocycles. The second-order valence-electron chi connectivity index (χ2n) is 7.59. The molecule has 2 aromatic carbocycles. The number of amides is 2. The lowest BCUT2D eigenvalue weighted by molar-refractivity contribution is -0.136. The van der Waals surface area contributed by atoms with E-state index >= 15 is 0 Å². The summed E-state index contributed by atoms with van der Waals surface area (Å²) in [6.07, 6.45) is 0.220. The fourth-order valence-corrected chi connectivity index (χ4v) is 4.00. The van der Waals surface area contributed by atoms with Crippen molar-refractivity contribution in [2.45, 2.75) is 13.0 Å². The zero-order chi connectivity index (χ0) is 20.4. The summed E-state index contributed by atoms with van der Waals surface area (Å²) in [5.74, 6) is -0.940. The normalized spacial score (nSPS) is 19.7. The Morgan fingerprint density at radius 1 is 0.897 bits per heavy atom. The van der Waals surface area contributed by atoms with E-state index in [4.69, 9.17) is 0 Å². The van der Waals surface area contributed by atoms with Crippen molar-refractivity contribution in [1.29, 1.82) is 0 Å². The summed E-state index contributed by atoms with van der Waals surface area (Å²) in [5.41, 5.74) is 1.79. The van der Waals surface area contributed by atoms with Crippen LogP contribution in [0.4, 0.5) is 14.5 Å². The maximum absolute atomic E-state index is 13.1. The first-order chi connectivity index (χ1) is 14.0. The highest BCUT2D eigenvalue weighted by Crippen LogP contribution is 2.24. The van der Waals surface area contributed by atoms with E-state index in [1.54, 1.807) is 29.2 Å². The molecule has 29 heavy (non-hydrogen) atoms. The van der Waals surface area contributed by atoms with Gasteiger partial charge in [0.25, 0.3) is 0 Å². The van der Waals surface area contributed by atoms with Gasteiger partial charge in [0, 0.05) is 51.4 Å². The molecular weight excluding hydrogens is 376 g/mol. The molecule has 0 bridgehead atoms. The number of hydrogen-bond donors (Lipinski definition) is 0. The van der Waals surface area contributed by atoms with Crippen molar-refractivity contribution >= 4 is 17.5 Å². The Morgan fingerprint density at radius 2 is 1.48 bits per heavy atom. The molecule has 152 valence electrons. The minimum absolute atomic E-state index is 0.0127. The van der Waals surface area contributed by atoms with Crippen molar-refractivity contribution in [3.8, 4) is 0 Å². The van der Waals surface area contributed by atoms with Crippen LogP contribution in [0.3, 0.4) is 0 Å². The molecule has 2 saturated heterocycles. The molecule has 0 spiro atoms. The van der Waals surface area contributed by atoms with Gasteiger partial charge in [0.2, 0.25) is 11.8 Å². The van der Waals surface area contributed by atoms with Crippen LogP contribution < -0.4 is 4.90 Å². The smallest absolute Gasteiger partial charge is 0.228 e. The fourth-order valence-electron chi connectivity index (χ4n) is 4.00. The van der Waals surface area contributed by atoms with E-state index in [1.807, 2.05) is 4.90 Å². The first kappa shape index (κ1) is 19.4. The molecule has 0 saturated carbocycles. The number of benzene rings is 2. The molecule has 2 amide bonds. The molecule has 5 nitrogen and oxygen atoms in total. The number of halogens is 2. The molecule has 2 fully saturated rings. The van der Waals surface area contributed by atoms with E-state index in [0.29, 0.717) is 39.3 Å². The molecule has 4 rings (SSSR count). The highest BCUT2D eigenvalue weighted by atomic mass is 19.1. The topological polar surface area (TPSA) is 43.9 Å². The van der Waals surface area contributed by atoms with E-state index < -0.39 is 0 Å². The summed E-state index contributed by atoms with van der Waals surface area (Å²) in [6, 6.07) is 12.4. The number of piperazine rings is 1. The highest BCUT2D eigenvalue weighted by Gasteiger charge is 2.37. The number of anilines is 1. The minimum atomic E-state index is -0.333. The third-order valence-corrected chi connectivity index (χ3v) is 5.63. The average Bonchev–Trinajstić information content (AvgIpc) is 3.10. The van der Waals surface area contributed by atoms with E-state index in [1.165, 1.54) is 24.3 Å². The van der Waals surface area contributed by atoms with Gasteiger partial charge in [0.1, 0.15) is 11.6 Å². The van der Waals surface area contributed by atoms with Crippen LogP contribution in [-0.4, -0.2) is 54.3 Å². The first-order valence-corrected chi connectivity index (χ1v) is 9.81. The van der Waals surface area contributed by atoms with Crippen LogP contribution in [0, 0.1) is 17.6 Å². The van der Waals surface area contributed by atoms with Crippen molar-refractivity contribution < 1.29 is 18.4 Å². The molecule has 2 heterocycles. The number of hydrogen-bond acceptors (Lipinski definition) is 3. The largest absolute Gasteiger partial charge is 0.368 e. The zero-order valence-corrected chi connectivity index (χ0v) is 16.1. The number of rotatable bonds is 4. The molecule has 1 unspecified atom stereocenters. The standard InChI is InChI=1S/C22H23F2N3O2/c23-18-3-1-16(2-4-18)14-27-15-17(13-21(27)28)22(29)26-11-9-25(10-12-26)20-7-5-19(24)6-8-20/h1-8,17H,9-15H2. The summed E-state index contributed by atoms with van der Waals surface area (Å²) in [7, 11) is 0. The molecule has 2 aromatic rings. The van der Waals surface area contributed by atoms with Crippen molar-refractivity contribution in [3.05, 3.63) is 65.7 Å². The Labute approximate surface area is 168 Å². The van der Waals surface area contributed by atoms with E-state index in [9.17, 15) is 18.4 Å². The molecule has 2 aliphatic heterocycles. The monoisotopic (exact) mass is 399 g/mol. The van der Waals surface area contributed by atoms with E-state index in [-0.39, 0.29) is 35.8 Å². The van der Waals surface area contributed by atoms with Gasteiger partial charge in [-0.15, -0.1) is 0 Å². The average molecular weight is 399 g/mol. The molecular formula is C22H23F2N3O2. The Morgan fingerprint density at radius 3 is 2.10 bits per heavy atom. The fraction of sp³-hybridized carbons (Fsp3) is 0.364. The molecule has 1 atom stereocenters. The van der Waals surface area contributed by atoms with Crippen LogP contribution in [-0.2, 0) is 16.1 Å². The summed E-state index contributed by atoms with van der Waals surface area (Å²) in [5, 5.41) is 0. The predicted octanol–water partition coefficient (Wildman–Crippen LogP) is 2.66. The summed E-state index contributed by atoms with van der Waals surface area (Å²) in [4.78, 5) is 30.9. The SMILES string of the molecule is O=C1CC(C(=O)N2CCN(c3ccc(F)cc3)CC2)CN1Cc1ccc(F)cc1. The zero-order valence-electron chi connectivity index (χ0n) is 16.1. The predicted molar refractivity (Wildman–Crippen MR) is 105 cm³/mol. The van der Waals surface area contributed by atoms with Gasteiger partial charge in [-0.05, 0) is 42.0 Å². The lowest BCUT2D eigenvalue weighted by Gasteiger charge is -2.37. The van der Waals surface area contributed by atoms with Gasteiger partial charge in [-0.25, -0.2) is 8.78 Å².